The van der Waals surface area contributed by atoms with Crippen molar-refractivity contribution in [2.45, 2.75) is 18.9 Å². The third kappa shape index (κ3) is 2.09. The lowest BCUT2D eigenvalue weighted by molar-refractivity contribution is 0.230. The highest BCUT2D eigenvalue weighted by Gasteiger charge is 2.25. The zero-order valence-electron chi connectivity index (χ0n) is 10.2. The quantitative estimate of drug-likeness (QED) is 0.888. The van der Waals surface area contributed by atoms with Crippen LogP contribution in [0.2, 0.25) is 0 Å². The summed E-state index contributed by atoms with van der Waals surface area (Å²) in [6.45, 7) is 1.21. The molecule has 3 rings (SSSR count). The van der Waals surface area contributed by atoms with Gasteiger partial charge in [-0.05, 0) is 25.1 Å². The fourth-order valence-electron chi connectivity index (χ4n) is 2.15. The number of nitrogens with one attached hydrogen (secondary N) is 1. The molecular formula is C13H15N3O2. The summed E-state index contributed by atoms with van der Waals surface area (Å²) in [6, 6.07) is 8.07. The highest BCUT2D eigenvalue weighted by Crippen LogP contribution is 2.31. The molecule has 94 valence electrons. The van der Waals surface area contributed by atoms with Gasteiger partial charge in [0, 0.05) is 0 Å². The molecule has 1 aliphatic heterocycles. The van der Waals surface area contributed by atoms with Crippen molar-refractivity contribution in [1.29, 1.82) is 0 Å². The molecule has 0 aliphatic carbocycles. The Morgan fingerprint density at radius 2 is 2.28 bits per heavy atom. The fraction of sp³-hybridized carbons (Fsp3) is 0.385. The molecule has 0 bridgehead atoms. The minimum atomic E-state index is 0.151. The zero-order chi connectivity index (χ0) is 12.4. The van der Waals surface area contributed by atoms with E-state index in [-0.39, 0.29) is 5.92 Å². The molecule has 1 atom stereocenters. The summed E-state index contributed by atoms with van der Waals surface area (Å²) in [4.78, 5) is 4.38. The van der Waals surface area contributed by atoms with Crippen LogP contribution < -0.4 is 10.1 Å². The smallest absolute Gasteiger partial charge is 0.233 e. The number of rotatable bonds is 3. The number of aromatic nitrogens is 2. The number of benzene rings is 1. The van der Waals surface area contributed by atoms with Gasteiger partial charge >= 0.3 is 0 Å². The van der Waals surface area contributed by atoms with E-state index in [1.54, 1.807) is 0 Å². The number of fused-ring (bicyclic) bond motifs is 1. The second kappa shape index (κ2) is 4.78. The molecule has 18 heavy (non-hydrogen) atoms. The van der Waals surface area contributed by atoms with Crippen molar-refractivity contribution in [3.8, 4) is 5.75 Å². The summed E-state index contributed by atoms with van der Waals surface area (Å²) in [6.07, 6.45) is 0.886. The number of para-hydroxylation sites is 1. The zero-order valence-corrected chi connectivity index (χ0v) is 10.2. The van der Waals surface area contributed by atoms with Gasteiger partial charge in [0.05, 0.1) is 12.5 Å². The van der Waals surface area contributed by atoms with Crippen LogP contribution in [0.3, 0.4) is 0 Å². The van der Waals surface area contributed by atoms with Gasteiger partial charge < -0.3 is 14.6 Å². The lowest BCUT2D eigenvalue weighted by atomic mass is 9.97. The van der Waals surface area contributed by atoms with Crippen LogP contribution in [0, 0.1) is 0 Å². The maximum Gasteiger partial charge on any atom is 0.233 e. The fourth-order valence-corrected chi connectivity index (χ4v) is 2.15. The average molecular weight is 245 g/mol. The molecule has 2 aromatic rings. The Hall–Kier alpha value is -1.88. The van der Waals surface area contributed by atoms with Crippen molar-refractivity contribution in [2.24, 2.45) is 0 Å². The van der Waals surface area contributed by atoms with Crippen molar-refractivity contribution in [1.82, 2.24) is 15.5 Å². The highest BCUT2D eigenvalue weighted by atomic mass is 16.5. The van der Waals surface area contributed by atoms with E-state index < -0.39 is 0 Å². The Labute approximate surface area is 105 Å². The summed E-state index contributed by atoms with van der Waals surface area (Å²) in [5, 5.41) is 6.93. The molecular weight excluding hydrogens is 230 g/mol. The van der Waals surface area contributed by atoms with Crippen LogP contribution in [0.5, 0.6) is 5.75 Å². The van der Waals surface area contributed by atoms with Crippen LogP contribution in [-0.4, -0.2) is 23.8 Å². The first-order valence-corrected chi connectivity index (χ1v) is 6.04. The third-order valence-corrected chi connectivity index (χ3v) is 3.05. The molecule has 5 nitrogen and oxygen atoms in total. The number of ether oxygens (including phenoxy) is 1. The monoisotopic (exact) mass is 245 g/mol. The van der Waals surface area contributed by atoms with Crippen molar-refractivity contribution >= 4 is 0 Å². The van der Waals surface area contributed by atoms with Crippen LogP contribution in [0.25, 0.3) is 0 Å². The van der Waals surface area contributed by atoms with Gasteiger partial charge in [-0.15, -0.1) is 0 Å². The molecule has 0 amide bonds. The second-order valence-electron chi connectivity index (χ2n) is 4.40. The number of nitrogens with zero attached hydrogens (tertiary/aromatic N) is 2. The molecule has 0 spiro atoms. The highest BCUT2D eigenvalue weighted by molar-refractivity contribution is 5.36. The molecule has 1 unspecified atom stereocenters. The Bertz CT molecular complexity index is 539. The molecule has 0 radical (unpaired) electrons. The molecule has 5 heteroatoms. The van der Waals surface area contributed by atoms with Crippen LogP contribution in [0.4, 0.5) is 0 Å². The van der Waals surface area contributed by atoms with E-state index in [0.29, 0.717) is 24.9 Å². The van der Waals surface area contributed by atoms with Crippen LogP contribution in [0.1, 0.15) is 23.2 Å². The molecule has 1 aromatic heterocycles. The Kier molecular flexibility index (Phi) is 2.98. The predicted octanol–water partition coefficient (Wildman–Crippen LogP) is 1.51. The van der Waals surface area contributed by atoms with Gasteiger partial charge in [-0.25, -0.2) is 0 Å². The summed E-state index contributed by atoms with van der Waals surface area (Å²) >= 11 is 0. The van der Waals surface area contributed by atoms with Gasteiger partial charge in [0.2, 0.25) is 5.89 Å². The van der Waals surface area contributed by atoms with E-state index in [2.05, 4.69) is 21.5 Å². The van der Waals surface area contributed by atoms with Crippen molar-refractivity contribution < 1.29 is 9.26 Å². The van der Waals surface area contributed by atoms with E-state index in [9.17, 15) is 0 Å². The van der Waals surface area contributed by atoms with Gasteiger partial charge in [-0.2, -0.15) is 4.98 Å². The topological polar surface area (TPSA) is 60.2 Å². The van der Waals surface area contributed by atoms with Crippen molar-refractivity contribution in [2.75, 3.05) is 13.7 Å². The first-order valence-electron chi connectivity index (χ1n) is 6.04. The van der Waals surface area contributed by atoms with E-state index in [4.69, 9.17) is 9.26 Å². The van der Waals surface area contributed by atoms with E-state index in [0.717, 1.165) is 12.2 Å². The van der Waals surface area contributed by atoms with Gasteiger partial charge in [0.1, 0.15) is 12.4 Å². The van der Waals surface area contributed by atoms with Gasteiger partial charge in [-0.1, -0.05) is 23.4 Å². The standard InChI is InChI=1S/C13H15N3O2/c1-14-7-12-15-13(18-16-12)10-6-9-4-2-3-5-11(9)17-8-10/h2-5,10,14H,6-8H2,1H3. The first kappa shape index (κ1) is 11.2. The third-order valence-electron chi connectivity index (χ3n) is 3.05. The Balaban J connectivity index is 1.78. The Morgan fingerprint density at radius 1 is 1.39 bits per heavy atom. The minimum Gasteiger partial charge on any atom is -0.492 e. The molecule has 1 aromatic carbocycles. The van der Waals surface area contributed by atoms with E-state index in [1.165, 1.54) is 5.56 Å². The molecule has 0 fully saturated rings. The van der Waals surface area contributed by atoms with Crippen molar-refractivity contribution in [3.05, 3.63) is 41.5 Å². The van der Waals surface area contributed by atoms with Gasteiger partial charge in [0.15, 0.2) is 5.82 Å². The SMILES string of the molecule is CNCc1noc(C2COc3ccccc3C2)n1. The normalized spacial score (nSPS) is 18.2. The Morgan fingerprint density at radius 3 is 3.17 bits per heavy atom. The van der Waals surface area contributed by atoms with Crippen molar-refractivity contribution in [3.63, 3.8) is 0 Å². The summed E-state index contributed by atoms with van der Waals surface area (Å²) < 4.78 is 11.0. The largest absolute Gasteiger partial charge is 0.492 e. The van der Waals surface area contributed by atoms with Gasteiger partial charge in [-0.3, -0.25) is 0 Å². The lowest BCUT2D eigenvalue weighted by Crippen LogP contribution is -2.19. The van der Waals surface area contributed by atoms with Crippen LogP contribution in [0.15, 0.2) is 28.8 Å². The second-order valence-corrected chi connectivity index (χ2v) is 4.40. The predicted molar refractivity (Wildman–Crippen MR) is 65.4 cm³/mol. The summed E-state index contributed by atoms with van der Waals surface area (Å²) in [7, 11) is 1.86. The maximum atomic E-state index is 5.72. The molecule has 0 saturated heterocycles. The average Bonchev–Trinajstić information content (AvgIpc) is 2.87. The molecule has 0 saturated carbocycles. The van der Waals surface area contributed by atoms with Crippen LogP contribution in [-0.2, 0) is 13.0 Å². The first-order chi connectivity index (χ1) is 8.86. The molecule has 2 heterocycles. The lowest BCUT2D eigenvalue weighted by Gasteiger charge is -2.22. The number of hydrogen-bond acceptors (Lipinski definition) is 5. The molecule has 1 aliphatic rings. The maximum absolute atomic E-state index is 5.72. The summed E-state index contributed by atoms with van der Waals surface area (Å²) in [5.74, 6) is 2.46. The van der Waals surface area contributed by atoms with E-state index in [1.807, 2.05) is 25.2 Å². The number of hydrogen-bond donors (Lipinski definition) is 1. The molecule has 1 N–H and O–H groups in total. The minimum absolute atomic E-state index is 0.151. The van der Waals surface area contributed by atoms with E-state index >= 15 is 0 Å². The summed E-state index contributed by atoms with van der Waals surface area (Å²) in [5.41, 5.74) is 1.20. The van der Waals surface area contributed by atoms with Crippen LogP contribution >= 0.6 is 0 Å². The van der Waals surface area contributed by atoms with Gasteiger partial charge in [0.25, 0.3) is 0 Å².